The van der Waals surface area contributed by atoms with Crippen molar-refractivity contribution in [2.45, 2.75) is 45.1 Å². The van der Waals surface area contributed by atoms with Gasteiger partial charge < -0.3 is 4.57 Å². The quantitative estimate of drug-likeness (QED) is 0.713. The predicted octanol–water partition coefficient (Wildman–Crippen LogP) is 3.38. The average molecular weight is 199 g/mol. The van der Waals surface area contributed by atoms with Crippen LogP contribution in [-0.4, -0.2) is 9.55 Å². The standard InChI is InChI=1S/C10H15ClN2/c1-7(2)13-9(11)6-12-10(13)8-4-3-5-8/h6-8H,3-5H2,1-2H3. The fourth-order valence-corrected chi connectivity index (χ4v) is 2.16. The van der Waals surface area contributed by atoms with Gasteiger partial charge in [-0.1, -0.05) is 18.0 Å². The molecule has 0 spiro atoms. The molecular weight excluding hydrogens is 184 g/mol. The third-order valence-electron chi connectivity index (χ3n) is 2.77. The van der Waals surface area contributed by atoms with Gasteiger partial charge in [-0.3, -0.25) is 0 Å². The van der Waals surface area contributed by atoms with Crippen LogP contribution < -0.4 is 0 Å². The summed E-state index contributed by atoms with van der Waals surface area (Å²) in [6.07, 6.45) is 5.67. The number of imidazole rings is 1. The van der Waals surface area contributed by atoms with Crippen LogP contribution in [-0.2, 0) is 0 Å². The zero-order valence-corrected chi connectivity index (χ0v) is 8.88. The number of halogens is 1. The molecule has 13 heavy (non-hydrogen) atoms. The summed E-state index contributed by atoms with van der Waals surface area (Å²) >= 11 is 6.07. The number of aromatic nitrogens is 2. The molecule has 1 aromatic heterocycles. The van der Waals surface area contributed by atoms with Crippen molar-refractivity contribution < 1.29 is 0 Å². The van der Waals surface area contributed by atoms with E-state index in [-0.39, 0.29) is 0 Å². The molecule has 0 aromatic carbocycles. The highest BCUT2D eigenvalue weighted by Crippen LogP contribution is 2.37. The Morgan fingerprint density at radius 3 is 2.69 bits per heavy atom. The fourth-order valence-electron chi connectivity index (χ4n) is 1.83. The van der Waals surface area contributed by atoms with E-state index in [0.717, 1.165) is 5.15 Å². The predicted molar refractivity (Wildman–Crippen MR) is 54.2 cm³/mol. The lowest BCUT2D eigenvalue weighted by molar-refractivity contribution is 0.379. The largest absolute Gasteiger partial charge is 0.316 e. The van der Waals surface area contributed by atoms with Crippen molar-refractivity contribution in [2.75, 3.05) is 0 Å². The van der Waals surface area contributed by atoms with Gasteiger partial charge >= 0.3 is 0 Å². The molecule has 0 bridgehead atoms. The van der Waals surface area contributed by atoms with E-state index in [1.165, 1.54) is 25.1 Å². The molecule has 1 fully saturated rings. The summed E-state index contributed by atoms with van der Waals surface area (Å²) in [5.41, 5.74) is 0. The van der Waals surface area contributed by atoms with Gasteiger partial charge in [-0.05, 0) is 26.7 Å². The minimum Gasteiger partial charge on any atom is -0.316 e. The summed E-state index contributed by atoms with van der Waals surface area (Å²) in [5.74, 6) is 1.85. The lowest BCUT2D eigenvalue weighted by Crippen LogP contribution is -2.16. The number of nitrogens with zero attached hydrogens (tertiary/aromatic N) is 2. The van der Waals surface area contributed by atoms with Crippen molar-refractivity contribution in [3.05, 3.63) is 17.2 Å². The van der Waals surface area contributed by atoms with Gasteiger partial charge in [0.2, 0.25) is 0 Å². The molecule has 0 N–H and O–H groups in total. The molecule has 1 saturated carbocycles. The van der Waals surface area contributed by atoms with E-state index in [9.17, 15) is 0 Å². The maximum atomic E-state index is 6.07. The summed E-state index contributed by atoms with van der Waals surface area (Å²) < 4.78 is 2.14. The first kappa shape index (κ1) is 9.07. The lowest BCUT2D eigenvalue weighted by atomic mass is 9.84. The maximum Gasteiger partial charge on any atom is 0.129 e. The third kappa shape index (κ3) is 1.48. The van der Waals surface area contributed by atoms with Crippen LogP contribution in [0.25, 0.3) is 0 Å². The highest BCUT2D eigenvalue weighted by atomic mass is 35.5. The Hall–Kier alpha value is -0.500. The van der Waals surface area contributed by atoms with E-state index < -0.39 is 0 Å². The van der Waals surface area contributed by atoms with Gasteiger partial charge in [-0.15, -0.1) is 0 Å². The Kier molecular flexibility index (Phi) is 2.33. The molecule has 1 heterocycles. The van der Waals surface area contributed by atoms with Gasteiger partial charge in [0.25, 0.3) is 0 Å². The SMILES string of the molecule is CC(C)n1c(Cl)cnc1C1CCC1. The van der Waals surface area contributed by atoms with E-state index in [2.05, 4.69) is 23.4 Å². The lowest BCUT2D eigenvalue weighted by Gasteiger charge is -2.27. The molecular formula is C10H15ClN2. The number of hydrogen-bond donors (Lipinski definition) is 0. The summed E-state index contributed by atoms with van der Waals surface area (Å²) in [6, 6.07) is 0.422. The van der Waals surface area contributed by atoms with E-state index in [4.69, 9.17) is 11.6 Å². The van der Waals surface area contributed by atoms with Crippen LogP contribution in [0.5, 0.6) is 0 Å². The molecule has 2 rings (SSSR count). The topological polar surface area (TPSA) is 17.8 Å². The summed E-state index contributed by atoms with van der Waals surface area (Å²) in [7, 11) is 0. The average Bonchev–Trinajstić information content (AvgIpc) is 2.28. The molecule has 0 unspecified atom stereocenters. The Balaban J connectivity index is 2.33. The third-order valence-corrected chi connectivity index (χ3v) is 3.05. The van der Waals surface area contributed by atoms with Gasteiger partial charge in [-0.25, -0.2) is 4.98 Å². The Morgan fingerprint density at radius 2 is 2.23 bits per heavy atom. The first-order valence-corrected chi connectivity index (χ1v) is 5.30. The zero-order chi connectivity index (χ0) is 9.42. The van der Waals surface area contributed by atoms with Crippen molar-refractivity contribution in [1.29, 1.82) is 0 Å². The monoisotopic (exact) mass is 198 g/mol. The minimum absolute atomic E-state index is 0.422. The van der Waals surface area contributed by atoms with Gasteiger partial charge in [-0.2, -0.15) is 0 Å². The van der Waals surface area contributed by atoms with Crippen molar-refractivity contribution in [3.8, 4) is 0 Å². The van der Waals surface area contributed by atoms with Crippen LogP contribution >= 0.6 is 11.6 Å². The molecule has 0 saturated heterocycles. The molecule has 0 atom stereocenters. The smallest absolute Gasteiger partial charge is 0.129 e. The molecule has 2 nitrogen and oxygen atoms in total. The first-order valence-electron chi connectivity index (χ1n) is 4.92. The highest BCUT2D eigenvalue weighted by molar-refractivity contribution is 6.29. The summed E-state index contributed by atoms with van der Waals surface area (Å²) in [5, 5.41) is 0.775. The van der Waals surface area contributed by atoms with E-state index in [1.807, 2.05) is 0 Å². The van der Waals surface area contributed by atoms with Crippen molar-refractivity contribution in [2.24, 2.45) is 0 Å². The Bertz CT molecular complexity index is 300. The van der Waals surface area contributed by atoms with Crippen molar-refractivity contribution >= 4 is 11.6 Å². The second-order valence-electron chi connectivity index (χ2n) is 4.03. The fraction of sp³-hybridized carbons (Fsp3) is 0.700. The molecule has 0 amide bonds. The van der Waals surface area contributed by atoms with Gasteiger partial charge in [0.05, 0.1) is 6.20 Å². The van der Waals surface area contributed by atoms with E-state index in [1.54, 1.807) is 6.20 Å². The number of hydrogen-bond acceptors (Lipinski definition) is 1. The summed E-state index contributed by atoms with van der Waals surface area (Å²) in [4.78, 5) is 4.39. The van der Waals surface area contributed by atoms with Crippen LogP contribution in [0.15, 0.2) is 6.20 Å². The maximum absolute atomic E-state index is 6.07. The molecule has 3 heteroatoms. The van der Waals surface area contributed by atoms with Crippen LogP contribution in [0.1, 0.15) is 50.9 Å². The normalized spacial score (nSPS) is 17.8. The van der Waals surface area contributed by atoms with E-state index in [0.29, 0.717) is 12.0 Å². The Morgan fingerprint density at radius 1 is 1.54 bits per heavy atom. The molecule has 1 aliphatic carbocycles. The van der Waals surface area contributed by atoms with E-state index >= 15 is 0 Å². The molecule has 1 aromatic rings. The minimum atomic E-state index is 0.422. The van der Waals surface area contributed by atoms with Crippen LogP contribution in [0.3, 0.4) is 0 Å². The van der Waals surface area contributed by atoms with Gasteiger partial charge in [0.15, 0.2) is 0 Å². The Labute approximate surface area is 83.9 Å². The number of rotatable bonds is 2. The second-order valence-corrected chi connectivity index (χ2v) is 4.42. The van der Waals surface area contributed by atoms with Gasteiger partial charge in [0, 0.05) is 12.0 Å². The van der Waals surface area contributed by atoms with Crippen LogP contribution in [0, 0.1) is 0 Å². The molecule has 0 aliphatic heterocycles. The zero-order valence-electron chi connectivity index (χ0n) is 8.13. The second kappa shape index (κ2) is 3.33. The highest BCUT2D eigenvalue weighted by Gasteiger charge is 2.25. The molecule has 0 radical (unpaired) electrons. The molecule has 72 valence electrons. The first-order chi connectivity index (χ1) is 6.20. The van der Waals surface area contributed by atoms with Crippen LogP contribution in [0.2, 0.25) is 5.15 Å². The molecule has 1 aliphatic rings. The van der Waals surface area contributed by atoms with Gasteiger partial charge in [0.1, 0.15) is 11.0 Å². The summed E-state index contributed by atoms with van der Waals surface area (Å²) in [6.45, 7) is 4.30. The van der Waals surface area contributed by atoms with Crippen molar-refractivity contribution in [3.63, 3.8) is 0 Å². The van der Waals surface area contributed by atoms with Crippen LogP contribution in [0.4, 0.5) is 0 Å². The van der Waals surface area contributed by atoms with Crippen molar-refractivity contribution in [1.82, 2.24) is 9.55 Å².